The fraction of sp³-hybridized carbons (Fsp3) is 1.00. The second-order valence-corrected chi connectivity index (χ2v) is 6.70. The Bertz CT molecular complexity index is 268. The van der Waals surface area contributed by atoms with Gasteiger partial charge in [-0.05, 0) is 0 Å². The lowest BCUT2D eigenvalue weighted by atomic mass is 10.5. The minimum Gasteiger partial charge on any atom is -0.759 e. The molecule has 0 saturated heterocycles. The summed E-state index contributed by atoms with van der Waals surface area (Å²) in [5.74, 6) is 0. The fourth-order valence-electron chi connectivity index (χ4n) is 0.600. The van der Waals surface area contributed by atoms with Crippen LogP contribution in [0.3, 0.4) is 0 Å². The Hall–Kier alpha value is -0.290. The van der Waals surface area contributed by atoms with Crippen LogP contribution < -0.4 is 0 Å². The van der Waals surface area contributed by atoms with Crippen LogP contribution in [-0.2, 0) is 10.4 Å². The number of aliphatic hydroxyl groups is 2. The van der Waals surface area contributed by atoms with Crippen molar-refractivity contribution in [1.82, 2.24) is 0 Å². The summed E-state index contributed by atoms with van der Waals surface area (Å²) in [4.78, 5) is 0. The minimum atomic E-state index is -5.17. The summed E-state index contributed by atoms with van der Waals surface area (Å²) in [7, 11) is 7.14. The maximum absolute atomic E-state index is 8.52. The number of nitrogens with zero attached hydrogens (tertiary/aromatic N) is 2. The van der Waals surface area contributed by atoms with Crippen LogP contribution in [0.25, 0.3) is 0 Å². The average molecular weight is 304 g/mol. The topological polar surface area (TPSA) is 121 Å². The van der Waals surface area contributed by atoms with Gasteiger partial charge in [-0.3, -0.25) is 8.42 Å². The number of rotatable bonds is 4. The van der Waals surface area contributed by atoms with E-state index in [0.717, 1.165) is 22.1 Å². The molecule has 0 atom stereocenters. The van der Waals surface area contributed by atoms with Crippen molar-refractivity contribution >= 4 is 10.4 Å². The van der Waals surface area contributed by atoms with E-state index in [0.29, 0.717) is 0 Å². The zero-order chi connectivity index (χ0) is 16.3. The Kier molecular flexibility index (Phi) is 13.1. The molecule has 0 aliphatic carbocycles. The molecule has 0 aromatic heterocycles. The van der Waals surface area contributed by atoms with Crippen LogP contribution in [0.15, 0.2) is 0 Å². The summed E-state index contributed by atoms with van der Waals surface area (Å²) in [5, 5.41) is 16.8. The van der Waals surface area contributed by atoms with E-state index >= 15 is 0 Å². The van der Waals surface area contributed by atoms with Gasteiger partial charge in [-0.1, -0.05) is 0 Å². The quantitative estimate of drug-likeness (QED) is 0.353. The van der Waals surface area contributed by atoms with E-state index in [1.54, 1.807) is 0 Å². The van der Waals surface area contributed by atoms with Gasteiger partial charge in [-0.25, -0.2) is 0 Å². The summed E-state index contributed by atoms with van der Waals surface area (Å²) in [6.07, 6.45) is 0. The van der Waals surface area contributed by atoms with Crippen molar-refractivity contribution in [2.45, 2.75) is 0 Å². The molecular formula is C10H28N2O6S. The van der Waals surface area contributed by atoms with Gasteiger partial charge in [0, 0.05) is 10.4 Å². The molecule has 0 aliphatic heterocycles. The molecule has 0 amide bonds. The molecule has 0 radical (unpaired) electrons. The lowest BCUT2D eigenvalue weighted by Gasteiger charge is -2.21. The van der Waals surface area contributed by atoms with Crippen molar-refractivity contribution in [1.29, 1.82) is 0 Å². The molecule has 0 rings (SSSR count). The molecule has 2 N–H and O–H groups in total. The predicted octanol–water partition coefficient (Wildman–Crippen LogP) is -1.97. The molecule has 0 aromatic carbocycles. The number of likely N-dealkylation sites (N-methyl/N-ethyl adjacent to an activating group) is 2. The smallest absolute Gasteiger partial charge is 0.101 e. The molecule has 0 unspecified atom stereocenters. The van der Waals surface area contributed by atoms with E-state index < -0.39 is 10.4 Å². The Morgan fingerprint density at radius 3 is 0.947 bits per heavy atom. The standard InChI is InChI=1S/2C5H14NO.H2O4S/c2*1-6(2,3)4-5-7;1-5(2,3)4/h2*7H,4-5H2,1-3H3;(H2,1,2,3,4)/q2*+1;/p-2. The molecule has 120 valence electrons. The van der Waals surface area contributed by atoms with Gasteiger partial charge in [-0.2, -0.15) is 0 Å². The highest BCUT2D eigenvalue weighted by Crippen LogP contribution is 1.85. The largest absolute Gasteiger partial charge is 0.759 e. The highest BCUT2D eigenvalue weighted by Gasteiger charge is 2.02. The first-order valence-corrected chi connectivity index (χ1v) is 6.95. The van der Waals surface area contributed by atoms with Gasteiger partial charge in [-0.15, -0.1) is 0 Å². The molecule has 0 spiro atoms. The molecule has 0 heterocycles. The molecule has 0 aliphatic rings. The third-order valence-electron chi connectivity index (χ3n) is 1.54. The number of aliphatic hydroxyl groups excluding tert-OH is 2. The molecule has 8 nitrogen and oxygen atoms in total. The molecule has 0 saturated carbocycles. The van der Waals surface area contributed by atoms with E-state index in [-0.39, 0.29) is 13.2 Å². The fourth-order valence-corrected chi connectivity index (χ4v) is 0.600. The molecule has 0 bridgehead atoms. The Balaban J connectivity index is -0.000000206. The van der Waals surface area contributed by atoms with E-state index in [1.807, 2.05) is 0 Å². The van der Waals surface area contributed by atoms with Gasteiger partial charge in [0.25, 0.3) is 0 Å². The first kappa shape index (κ1) is 23.8. The normalized spacial score (nSPS) is 11.9. The van der Waals surface area contributed by atoms with Crippen molar-refractivity contribution in [3.05, 3.63) is 0 Å². The van der Waals surface area contributed by atoms with Crippen LogP contribution in [0.5, 0.6) is 0 Å². The second kappa shape index (κ2) is 10.5. The van der Waals surface area contributed by atoms with E-state index in [1.165, 1.54) is 0 Å². The van der Waals surface area contributed by atoms with Gasteiger partial charge in [0.2, 0.25) is 0 Å². The zero-order valence-corrected chi connectivity index (χ0v) is 13.5. The van der Waals surface area contributed by atoms with Crippen molar-refractivity contribution in [3.63, 3.8) is 0 Å². The monoisotopic (exact) mass is 304 g/mol. The van der Waals surface area contributed by atoms with E-state index in [9.17, 15) is 0 Å². The highest BCUT2D eigenvalue weighted by molar-refractivity contribution is 7.79. The van der Waals surface area contributed by atoms with Gasteiger partial charge in [0.15, 0.2) is 0 Å². The first-order valence-electron chi connectivity index (χ1n) is 5.61. The lowest BCUT2D eigenvalue weighted by molar-refractivity contribution is -0.870. The van der Waals surface area contributed by atoms with Crippen molar-refractivity contribution in [2.24, 2.45) is 0 Å². The maximum atomic E-state index is 8.52. The third kappa shape index (κ3) is 73.5. The Labute approximate surface area is 116 Å². The van der Waals surface area contributed by atoms with Crippen molar-refractivity contribution in [2.75, 3.05) is 68.6 Å². The lowest BCUT2D eigenvalue weighted by Crippen LogP contribution is -2.36. The predicted molar refractivity (Wildman–Crippen MR) is 70.4 cm³/mol. The summed E-state index contributed by atoms with van der Waals surface area (Å²) >= 11 is 0. The first-order chi connectivity index (χ1) is 8.12. The highest BCUT2D eigenvalue weighted by atomic mass is 32.3. The van der Waals surface area contributed by atoms with E-state index in [2.05, 4.69) is 42.3 Å². The summed E-state index contributed by atoms with van der Waals surface area (Å²) in [5.41, 5.74) is 0. The number of hydrogen-bond donors (Lipinski definition) is 2. The van der Waals surface area contributed by atoms with Crippen LogP contribution in [-0.4, -0.2) is 105 Å². The minimum absolute atomic E-state index is 0.281. The van der Waals surface area contributed by atoms with Crippen LogP contribution in [0.4, 0.5) is 0 Å². The molecule has 0 fully saturated rings. The van der Waals surface area contributed by atoms with Gasteiger partial charge in [0.1, 0.15) is 13.1 Å². The maximum Gasteiger partial charge on any atom is 0.101 e. The van der Waals surface area contributed by atoms with Gasteiger partial charge < -0.3 is 28.3 Å². The van der Waals surface area contributed by atoms with Crippen LogP contribution in [0.1, 0.15) is 0 Å². The van der Waals surface area contributed by atoms with Gasteiger partial charge >= 0.3 is 0 Å². The average Bonchev–Trinajstić information content (AvgIpc) is 1.95. The van der Waals surface area contributed by atoms with Gasteiger partial charge in [0.05, 0.1) is 55.5 Å². The summed E-state index contributed by atoms with van der Waals surface area (Å²) < 4.78 is 35.8. The van der Waals surface area contributed by atoms with Crippen LogP contribution in [0.2, 0.25) is 0 Å². The Morgan fingerprint density at radius 1 is 0.789 bits per heavy atom. The summed E-state index contributed by atoms with van der Waals surface area (Å²) in [6.45, 7) is 2.23. The second-order valence-electron chi connectivity index (χ2n) is 5.88. The zero-order valence-electron chi connectivity index (χ0n) is 12.7. The van der Waals surface area contributed by atoms with Crippen molar-refractivity contribution in [3.8, 4) is 0 Å². The molecule has 9 heteroatoms. The third-order valence-corrected chi connectivity index (χ3v) is 1.54. The SMILES string of the molecule is C[N+](C)(C)CCO.C[N+](C)(C)CCO.O=S(=O)([O-])[O-]. The summed E-state index contributed by atoms with van der Waals surface area (Å²) in [6, 6.07) is 0. The number of hydrogen-bond acceptors (Lipinski definition) is 6. The van der Waals surface area contributed by atoms with Crippen LogP contribution >= 0.6 is 0 Å². The molecule has 0 aromatic rings. The van der Waals surface area contributed by atoms with E-state index in [4.69, 9.17) is 27.7 Å². The molecular weight excluding hydrogens is 276 g/mol. The van der Waals surface area contributed by atoms with Crippen molar-refractivity contribution < 1.29 is 36.7 Å². The van der Waals surface area contributed by atoms with Crippen LogP contribution in [0, 0.1) is 0 Å². The molecule has 19 heavy (non-hydrogen) atoms. The Morgan fingerprint density at radius 2 is 0.947 bits per heavy atom. The number of quaternary nitrogens is 2.